The van der Waals surface area contributed by atoms with E-state index in [9.17, 15) is 4.39 Å². The topological polar surface area (TPSA) is 24.9 Å². The summed E-state index contributed by atoms with van der Waals surface area (Å²) >= 11 is 5.85. The molecule has 1 N–H and O–H groups in total. The number of nitrogens with one attached hydrogen (secondary N) is 1. The van der Waals surface area contributed by atoms with E-state index in [1.807, 2.05) is 6.92 Å². The van der Waals surface area contributed by atoms with Crippen LogP contribution < -0.4 is 5.32 Å². The van der Waals surface area contributed by atoms with Crippen LogP contribution in [0.3, 0.4) is 0 Å². The van der Waals surface area contributed by atoms with E-state index in [-0.39, 0.29) is 11.4 Å². The molecule has 0 radical (unpaired) electrons. The number of pyridine rings is 1. The summed E-state index contributed by atoms with van der Waals surface area (Å²) in [5, 5.41) is 3.30. The minimum Gasteiger partial charge on any atom is -0.306 e. The maximum atomic E-state index is 12.8. The second-order valence-corrected chi connectivity index (χ2v) is 4.18. The zero-order valence-corrected chi connectivity index (χ0v) is 9.81. The Kier molecular flexibility index (Phi) is 4.48. The zero-order chi connectivity index (χ0) is 11.3. The fourth-order valence-electron chi connectivity index (χ4n) is 1.13. The smallest absolute Gasteiger partial charge is 0.141 e. The maximum Gasteiger partial charge on any atom is 0.141 e. The second-order valence-electron chi connectivity index (χ2n) is 3.91. The first kappa shape index (κ1) is 12.4. The lowest BCUT2D eigenvalue weighted by Crippen LogP contribution is -2.43. The van der Waals surface area contributed by atoms with E-state index < -0.39 is 0 Å². The summed E-state index contributed by atoms with van der Waals surface area (Å²) in [6, 6.07) is 1.48. The molecule has 0 bridgehead atoms. The third kappa shape index (κ3) is 3.76. The third-order valence-electron chi connectivity index (χ3n) is 2.56. The van der Waals surface area contributed by atoms with Crippen LogP contribution in [0.4, 0.5) is 4.39 Å². The lowest BCUT2D eigenvalue weighted by atomic mass is 10.0. The van der Waals surface area contributed by atoms with Crippen molar-refractivity contribution >= 4 is 11.6 Å². The first-order chi connectivity index (χ1) is 7.09. The number of hydrogen-bond donors (Lipinski definition) is 1. The van der Waals surface area contributed by atoms with Gasteiger partial charge in [0.1, 0.15) is 5.82 Å². The van der Waals surface area contributed by atoms with Crippen molar-refractivity contribution in [3.63, 3.8) is 0 Å². The molecule has 0 amide bonds. The highest BCUT2D eigenvalue weighted by Gasteiger charge is 2.19. The van der Waals surface area contributed by atoms with Crippen LogP contribution in [0.5, 0.6) is 0 Å². The van der Waals surface area contributed by atoms with Crippen LogP contribution in [0.1, 0.15) is 25.8 Å². The summed E-state index contributed by atoms with van der Waals surface area (Å²) in [7, 11) is 0. The van der Waals surface area contributed by atoms with Gasteiger partial charge in [-0.3, -0.25) is 4.98 Å². The molecule has 2 nitrogen and oxygen atoms in total. The molecule has 1 atom stereocenters. The molecule has 0 fully saturated rings. The molecule has 0 aliphatic rings. The van der Waals surface area contributed by atoms with Crippen molar-refractivity contribution in [2.45, 2.75) is 32.4 Å². The lowest BCUT2D eigenvalue weighted by Gasteiger charge is -2.27. The normalized spacial score (nSPS) is 14.9. The Morgan fingerprint density at radius 1 is 1.53 bits per heavy atom. The van der Waals surface area contributed by atoms with Gasteiger partial charge in [-0.2, -0.15) is 0 Å². The molecule has 4 heteroatoms. The van der Waals surface area contributed by atoms with Crippen molar-refractivity contribution in [1.29, 1.82) is 0 Å². The van der Waals surface area contributed by atoms with Crippen LogP contribution in [-0.2, 0) is 6.54 Å². The van der Waals surface area contributed by atoms with Crippen LogP contribution in [0, 0.1) is 5.82 Å². The molecule has 15 heavy (non-hydrogen) atoms. The second kappa shape index (κ2) is 5.42. The molecule has 0 aliphatic carbocycles. The third-order valence-corrected chi connectivity index (χ3v) is 3.15. The number of hydrogen-bond acceptors (Lipinski definition) is 2. The van der Waals surface area contributed by atoms with E-state index in [1.54, 1.807) is 6.20 Å². The molecular formula is C11H16ClFN2. The minimum atomic E-state index is -0.307. The Morgan fingerprint density at radius 2 is 2.27 bits per heavy atom. The summed E-state index contributed by atoms with van der Waals surface area (Å²) in [5.74, 6) is 0.227. The molecule has 1 aromatic rings. The van der Waals surface area contributed by atoms with Gasteiger partial charge in [-0.05, 0) is 25.0 Å². The largest absolute Gasteiger partial charge is 0.306 e. The van der Waals surface area contributed by atoms with Gasteiger partial charge in [0.05, 0.1) is 6.20 Å². The average molecular weight is 231 g/mol. The highest BCUT2D eigenvalue weighted by Crippen LogP contribution is 2.12. The van der Waals surface area contributed by atoms with Crippen molar-refractivity contribution in [2.75, 3.05) is 5.88 Å². The van der Waals surface area contributed by atoms with Gasteiger partial charge in [-0.15, -0.1) is 11.6 Å². The standard InChI is InChI=1S/C11H16ClFN2/c1-3-11(2,8-12)15-6-9-4-10(13)7-14-5-9/h4-5,7,15H,3,6,8H2,1-2H3. The number of alkyl halides is 1. The van der Waals surface area contributed by atoms with Gasteiger partial charge in [-0.25, -0.2) is 4.39 Å². The molecule has 1 unspecified atom stereocenters. The molecule has 0 saturated heterocycles. The van der Waals surface area contributed by atoms with E-state index in [1.165, 1.54) is 12.3 Å². The summed E-state index contributed by atoms with van der Waals surface area (Å²) in [6.07, 6.45) is 3.78. The van der Waals surface area contributed by atoms with Crippen LogP contribution in [0.15, 0.2) is 18.5 Å². The molecule has 0 aliphatic heterocycles. The van der Waals surface area contributed by atoms with Gasteiger partial charge in [0, 0.05) is 24.2 Å². The number of nitrogens with zero attached hydrogens (tertiary/aromatic N) is 1. The van der Waals surface area contributed by atoms with Crippen LogP contribution in [0.25, 0.3) is 0 Å². The molecule has 0 spiro atoms. The van der Waals surface area contributed by atoms with E-state index >= 15 is 0 Å². The molecular weight excluding hydrogens is 215 g/mol. The van der Waals surface area contributed by atoms with Crippen molar-refractivity contribution in [3.8, 4) is 0 Å². The van der Waals surface area contributed by atoms with Gasteiger partial charge in [-0.1, -0.05) is 6.92 Å². The zero-order valence-electron chi connectivity index (χ0n) is 9.06. The van der Waals surface area contributed by atoms with Gasteiger partial charge in [0.15, 0.2) is 0 Å². The first-order valence-electron chi connectivity index (χ1n) is 5.00. The van der Waals surface area contributed by atoms with E-state index in [2.05, 4.69) is 17.2 Å². The number of rotatable bonds is 5. The van der Waals surface area contributed by atoms with Crippen LogP contribution in [0.2, 0.25) is 0 Å². The van der Waals surface area contributed by atoms with Gasteiger partial charge < -0.3 is 5.32 Å². The Balaban J connectivity index is 2.56. The summed E-state index contributed by atoms with van der Waals surface area (Å²) in [5.41, 5.74) is 0.730. The summed E-state index contributed by atoms with van der Waals surface area (Å²) in [4.78, 5) is 3.79. The Hall–Kier alpha value is -0.670. The van der Waals surface area contributed by atoms with Gasteiger partial charge >= 0.3 is 0 Å². The molecule has 1 aromatic heterocycles. The predicted octanol–water partition coefficient (Wildman–Crippen LogP) is 2.72. The number of halogens is 2. The van der Waals surface area contributed by atoms with Crippen molar-refractivity contribution in [2.24, 2.45) is 0 Å². The van der Waals surface area contributed by atoms with E-state index in [0.717, 1.165) is 12.0 Å². The van der Waals surface area contributed by atoms with E-state index in [0.29, 0.717) is 12.4 Å². The Labute approximate surface area is 94.9 Å². The number of aromatic nitrogens is 1. The highest BCUT2D eigenvalue weighted by molar-refractivity contribution is 6.18. The lowest BCUT2D eigenvalue weighted by molar-refractivity contribution is 0.379. The maximum absolute atomic E-state index is 12.8. The average Bonchev–Trinajstić information content (AvgIpc) is 2.26. The monoisotopic (exact) mass is 230 g/mol. The van der Waals surface area contributed by atoms with Crippen molar-refractivity contribution in [1.82, 2.24) is 10.3 Å². The fourth-order valence-corrected chi connectivity index (χ4v) is 1.42. The molecule has 1 rings (SSSR count). The highest BCUT2D eigenvalue weighted by atomic mass is 35.5. The quantitative estimate of drug-likeness (QED) is 0.787. The minimum absolute atomic E-state index is 0.103. The Bertz CT molecular complexity index is 313. The SMILES string of the molecule is CCC(C)(CCl)NCc1cncc(F)c1. The van der Waals surface area contributed by atoms with E-state index in [4.69, 9.17) is 11.6 Å². The molecule has 0 saturated carbocycles. The van der Waals surface area contributed by atoms with Crippen LogP contribution >= 0.6 is 11.6 Å². The predicted molar refractivity (Wildman–Crippen MR) is 60.5 cm³/mol. The summed E-state index contributed by atoms with van der Waals surface area (Å²) < 4.78 is 12.8. The molecule has 0 aromatic carbocycles. The van der Waals surface area contributed by atoms with Crippen molar-refractivity contribution < 1.29 is 4.39 Å². The Morgan fingerprint density at radius 3 is 2.80 bits per heavy atom. The van der Waals surface area contributed by atoms with Crippen molar-refractivity contribution in [3.05, 3.63) is 29.8 Å². The first-order valence-corrected chi connectivity index (χ1v) is 5.53. The summed E-state index contributed by atoms with van der Waals surface area (Å²) in [6.45, 7) is 4.70. The van der Waals surface area contributed by atoms with Gasteiger partial charge in [0.25, 0.3) is 0 Å². The fraction of sp³-hybridized carbons (Fsp3) is 0.545. The molecule has 1 heterocycles. The van der Waals surface area contributed by atoms with Gasteiger partial charge in [0.2, 0.25) is 0 Å². The molecule has 84 valence electrons. The van der Waals surface area contributed by atoms with Crippen LogP contribution in [-0.4, -0.2) is 16.4 Å².